The number of fused-ring (bicyclic) bond motifs is 2. The number of pyridine rings is 1. The van der Waals surface area contributed by atoms with Gasteiger partial charge in [0.25, 0.3) is 5.91 Å². The van der Waals surface area contributed by atoms with E-state index in [1.54, 1.807) is 0 Å². The van der Waals surface area contributed by atoms with E-state index >= 15 is 0 Å². The Balaban J connectivity index is 1.28. The summed E-state index contributed by atoms with van der Waals surface area (Å²) in [5.74, 6) is 2.57. The van der Waals surface area contributed by atoms with Crippen LogP contribution in [0.3, 0.4) is 0 Å². The molecule has 7 heteroatoms. The van der Waals surface area contributed by atoms with Crippen molar-refractivity contribution in [2.75, 3.05) is 13.1 Å². The van der Waals surface area contributed by atoms with E-state index in [1.807, 2.05) is 12.4 Å². The molecule has 2 aromatic heterocycles. The number of nitrogens with zero attached hydrogens (tertiary/aromatic N) is 5. The molecule has 7 nitrogen and oxygen atoms in total. The Morgan fingerprint density at radius 3 is 2.72 bits per heavy atom. The predicted molar refractivity (Wildman–Crippen MR) is 90.7 cm³/mol. The SMILES string of the molecule is O=C(NC1CC1)c1nnc2n1C[C@@H]1CN(Cc3ccncc3)C[C@H]1C2. The zero-order valence-electron chi connectivity index (χ0n) is 14.1. The lowest BCUT2D eigenvalue weighted by molar-refractivity contribution is 0.0932. The lowest BCUT2D eigenvalue weighted by Gasteiger charge is -2.25. The third-order valence-electron chi connectivity index (χ3n) is 5.61. The number of likely N-dealkylation sites (tertiary alicyclic amines) is 1. The summed E-state index contributed by atoms with van der Waals surface area (Å²) in [5, 5.41) is 11.5. The molecule has 0 spiro atoms. The molecular formula is C18H22N6O. The predicted octanol–water partition coefficient (Wildman–Crippen LogP) is 0.870. The van der Waals surface area contributed by atoms with Gasteiger partial charge in [0.1, 0.15) is 5.82 Å². The Bertz CT molecular complexity index is 784. The number of carbonyl (C=O) groups is 1. The average Bonchev–Trinajstić information content (AvgIpc) is 3.19. The van der Waals surface area contributed by atoms with Crippen LogP contribution in [0, 0.1) is 11.8 Å². The van der Waals surface area contributed by atoms with Crippen LogP contribution in [0.5, 0.6) is 0 Å². The summed E-state index contributed by atoms with van der Waals surface area (Å²) in [4.78, 5) is 19.0. The number of amides is 1. The second-order valence-corrected chi connectivity index (χ2v) is 7.57. The van der Waals surface area contributed by atoms with Gasteiger partial charge in [0, 0.05) is 51.0 Å². The molecule has 0 unspecified atom stereocenters. The summed E-state index contributed by atoms with van der Waals surface area (Å²) in [6.07, 6.45) is 6.79. The van der Waals surface area contributed by atoms with Crippen molar-refractivity contribution in [1.82, 2.24) is 30.0 Å². The van der Waals surface area contributed by atoms with Gasteiger partial charge in [0.05, 0.1) is 0 Å². The quantitative estimate of drug-likeness (QED) is 0.895. The average molecular weight is 338 g/mol. The van der Waals surface area contributed by atoms with E-state index in [9.17, 15) is 4.79 Å². The molecule has 2 aromatic rings. The molecule has 1 saturated heterocycles. The number of rotatable bonds is 4. The Kier molecular flexibility index (Phi) is 3.55. The number of hydrogen-bond acceptors (Lipinski definition) is 5. The number of nitrogens with one attached hydrogen (secondary N) is 1. The van der Waals surface area contributed by atoms with Crippen LogP contribution >= 0.6 is 0 Å². The summed E-state index contributed by atoms with van der Waals surface area (Å²) in [5.41, 5.74) is 1.30. The number of carbonyl (C=O) groups excluding carboxylic acids is 1. The summed E-state index contributed by atoms with van der Waals surface area (Å²) in [7, 11) is 0. The maximum atomic E-state index is 12.4. The smallest absolute Gasteiger partial charge is 0.289 e. The fourth-order valence-corrected chi connectivity index (χ4v) is 4.14. The molecule has 1 saturated carbocycles. The van der Waals surface area contributed by atoms with E-state index in [-0.39, 0.29) is 5.91 Å². The zero-order chi connectivity index (χ0) is 16.8. The molecule has 1 aliphatic carbocycles. The maximum Gasteiger partial charge on any atom is 0.289 e. The minimum Gasteiger partial charge on any atom is -0.347 e. The molecule has 2 aliphatic heterocycles. The van der Waals surface area contributed by atoms with Crippen LogP contribution in [0.25, 0.3) is 0 Å². The first-order valence-corrected chi connectivity index (χ1v) is 9.10. The minimum atomic E-state index is -0.0636. The highest BCUT2D eigenvalue weighted by Gasteiger charge is 2.39. The third-order valence-corrected chi connectivity index (χ3v) is 5.61. The number of hydrogen-bond donors (Lipinski definition) is 1. The highest BCUT2D eigenvalue weighted by Crippen LogP contribution is 2.33. The number of aromatic nitrogens is 4. The van der Waals surface area contributed by atoms with Crippen molar-refractivity contribution in [3.8, 4) is 0 Å². The highest BCUT2D eigenvalue weighted by atomic mass is 16.2. The maximum absolute atomic E-state index is 12.4. The van der Waals surface area contributed by atoms with Gasteiger partial charge in [0.15, 0.2) is 0 Å². The van der Waals surface area contributed by atoms with E-state index < -0.39 is 0 Å². The van der Waals surface area contributed by atoms with Gasteiger partial charge in [0.2, 0.25) is 5.82 Å². The molecule has 0 aromatic carbocycles. The molecule has 2 atom stereocenters. The topological polar surface area (TPSA) is 75.9 Å². The van der Waals surface area contributed by atoms with Crippen LogP contribution < -0.4 is 5.32 Å². The van der Waals surface area contributed by atoms with Gasteiger partial charge in [-0.2, -0.15) is 0 Å². The lowest BCUT2D eigenvalue weighted by Crippen LogP contribution is -2.33. The van der Waals surface area contributed by atoms with Crippen molar-refractivity contribution < 1.29 is 4.79 Å². The largest absolute Gasteiger partial charge is 0.347 e. The van der Waals surface area contributed by atoms with E-state index in [2.05, 4.69) is 42.1 Å². The van der Waals surface area contributed by atoms with Crippen molar-refractivity contribution in [2.24, 2.45) is 11.8 Å². The van der Waals surface area contributed by atoms with Crippen molar-refractivity contribution in [3.05, 3.63) is 41.7 Å². The second kappa shape index (κ2) is 5.91. The first-order chi connectivity index (χ1) is 12.3. The van der Waals surface area contributed by atoms with E-state index in [0.29, 0.717) is 23.7 Å². The zero-order valence-corrected chi connectivity index (χ0v) is 14.1. The van der Waals surface area contributed by atoms with Crippen molar-refractivity contribution >= 4 is 5.91 Å². The molecule has 5 rings (SSSR count). The van der Waals surface area contributed by atoms with Gasteiger partial charge in [-0.1, -0.05) is 0 Å². The first-order valence-electron chi connectivity index (χ1n) is 9.10. The van der Waals surface area contributed by atoms with Gasteiger partial charge >= 0.3 is 0 Å². The van der Waals surface area contributed by atoms with Gasteiger partial charge in [-0.3, -0.25) is 14.7 Å². The monoisotopic (exact) mass is 338 g/mol. The van der Waals surface area contributed by atoms with Gasteiger partial charge in [-0.05, 0) is 42.4 Å². The summed E-state index contributed by atoms with van der Waals surface area (Å²) in [6.45, 7) is 3.97. The van der Waals surface area contributed by atoms with Gasteiger partial charge < -0.3 is 9.88 Å². The summed E-state index contributed by atoms with van der Waals surface area (Å²) in [6, 6.07) is 4.51. The molecule has 25 heavy (non-hydrogen) atoms. The molecule has 130 valence electrons. The third kappa shape index (κ3) is 2.93. The van der Waals surface area contributed by atoms with Gasteiger partial charge in [-0.25, -0.2) is 0 Å². The molecule has 3 aliphatic rings. The molecular weight excluding hydrogens is 316 g/mol. The minimum absolute atomic E-state index is 0.0636. The second-order valence-electron chi connectivity index (χ2n) is 7.57. The van der Waals surface area contributed by atoms with Crippen LogP contribution in [0.4, 0.5) is 0 Å². The van der Waals surface area contributed by atoms with Crippen LogP contribution in [-0.2, 0) is 19.5 Å². The van der Waals surface area contributed by atoms with Gasteiger partial charge in [-0.15, -0.1) is 10.2 Å². The Hall–Kier alpha value is -2.28. The fraction of sp³-hybridized carbons (Fsp3) is 0.556. The van der Waals surface area contributed by atoms with Crippen LogP contribution in [-0.4, -0.2) is 49.7 Å². The lowest BCUT2D eigenvalue weighted by atomic mass is 9.89. The Morgan fingerprint density at radius 2 is 1.92 bits per heavy atom. The molecule has 2 fully saturated rings. The Morgan fingerprint density at radius 1 is 1.12 bits per heavy atom. The van der Waals surface area contributed by atoms with Crippen LogP contribution in [0.15, 0.2) is 24.5 Å². The van der Waals surface area contributed by atoms with Crippen molar-refractivity contribution in [3.63, 3.8) is 0 Å². The molecule has 0 radical (unpaired) electrons. The standard InChI is InChI=1S/C18H22N6O/c25-18(20-15-1-2-15)17-22-21-16-7-13-9-23(10-14(13)11-24(16)17)8-12-3-5-19-6-4-12/h3-6,13-15H,1-2,7-11H2,(H,20,25)/t13-,14+/m1/s1. The summed E-state index contributed by atoms with van der Waals surface area (Å²) < 4.78 is 2.05. The van der Waals surface area contributed by atoms with Crippen LogP contribution in [0.1, 0.15) is 34.8 Å². The fourth-order valence-electron chi connectivity index (χ4n) is 4.14. The first kappa shape index (κ1) is 15.0. The molecule has 4 heterocycles. The van der Waals surface area contributed by atoms with Crippen molar-refractivity contribution in [1.29, 1.82) is 0 Å². The van der Waals surface area contributed by atoms with E-state index in [1.165, 1.54) is 5.56 Å². The van der Waals surface area contributed by atoms with E-state index in [0.717, 1.165) is 51.3 Å². The van der Waals surface area contributed by atoms with Crippen LogP contribution in [0.2, 0.25) is 0 Å². The van der Waals surface area contributed by atoms with E-state index in [4.69, 9.17) is 0 Å². The highest BCUT2D eigenvalue weighted by molar-refractivity contribution is 5.91. The molecule has 1 N–H and O–H groups in total. The summed E-state index contributed by atoms with van der Waals surface area (Å²) >= 11 is 0. The molecule has 1 amide bonds. The van der Waals surface area contributed by atoms with Crippen molar-refractivity contribution in [2.45, 2.75) is 38.4 Å². The molecule has 0 bridgehead atoms. The normalized spacial score (nSPS) is 25.4. The Labute approximate surface area is 146 Å².